The third-order valence-electron chi connectivity index (χ3n) is 3.55. The van der Waals surface area contributed by atoms with Crippen molar-refractivity contribution in [2.75, 3.05) is 0 Å². The van der Waals surface area contributed by atoms with E-state index >= 15 is 0 Å². The van der Waals surface area contributed by atoms with Gasteiger partial charge in [-0.05, 0) is 30.2 Å². The van der Waals surface area contributed by atoms with E-state index in [4.69, 9.17) is 0 Å². The van der Waals surface area contributed by atoms with E-state index in [-0.39, 0.29) is 0 Å². The molecule has 0 saturated carbocycles. The Labute approximate surface area is 107 Å². The summed E-state index contributed by atoms with van der Waals surface area (Å²) in [6.07, 6.45) is 8.08. The Morgan fingerprint density at radius 3 is 2.29 bits per heavy atom. The van der Waals surface area contributed by atoms with Crippen LogP contribution in [0.15, 0.2) is 30.3 Å². The summed E-state index contributed by atoms with van der Waals surface area (Å²) in [5.74, 6) is 2.36. The Morgan fingerprint density at radius 1 is 1.00 bits per heavy atom. The van der Waals surface area contributed by atoms with Crippen molar-refractivity contribution in [3.05, 3.63) is 41.8 Å². The molecular weight excluding hydrogens is 204 g/mol. The smallest absolute Gasteiger partial charge is 0.0245 e. The van der Waals surface area contributed by atoms with Crippen molar-refractivity contribution in [1.29, 1.82) is 0 Å². The fraction of sp³-hybridized carbons (Fsp3) is 0.588. The van der Waals surface area contributed by atoms with Crippen LogP contribution in [-0.4, -0.2) is 0 Å². The summed E-state index contributed by atoms with van der Waals surface area (Å²) in [5, 5.41) is 0. The first kappa shape index (κ1) is 14.3. The Morgan fingerprint density at radius 2 is 1.71 bits per heavy atom. The molecule has 0 saturated heterocycles. The van der Waals surface area contributed by atoms with Crippen molar-refractivity contribution in [2.24, 2.45) is 5.92 Å². The highest BCUT2D eigenvalue weighted by molar-refractivity contribution is 5.16. The predicted molar refractivity (Wildman–Crippen MR) is 77.0 cm³/mol. The average Bonchev–Trinajstić information content (AvgIpc) is 2.34. The molecule has 0 spiro atoms. The minimum absolute atomic E-state index is 0.772. The number of rotatable bonds is 8. The normalized spacial score (nSPS) is 12.9. The highest BCUT2D eigenvalue weighted by Crippen LogP contribution is 2.24. The standard InChI is InChI=1S/C17H27/c1-4-5-6-10-13-17(15(2)3)14-16-11-8-7-9-12-16/h7-9,11-12,17H,4-6,10,13-14H2,1-3H3. The number of hydrogen-bond acceptors (Lipinski definition) is 0. The number of benzene rings is 1. The maximum absolute atomic E-state index is 2.29. The molecule has 0 heterocycles. The number of hydrogen-bond donors (Lipinski definition) is 0. The van der Waals surface area contributed by atoms with E-state index in [9.17, 15) is 0 Å². The molecule has 17 heavy (non-hydrogen) atoms. The Bertz CT molecular complexity index is 273. The van der Waals surface area contributed by atoms with E-state index in [1.807, 2.05) is 0 Å². The molecule has 1 rings (SSSR count). The third kappa shape index (κ3) is 5.91. The van der Waals surface area contributed by atoms with Crippen LogP contribution in [0.25, 0.3) is 0 Å². The summed E-state index contributed by atoms with van der Waals surface area (Å²) in [6.45, 7) is 6.85. The topological polar surface area (TPSA) is 0 Å². The van der Waals surface area contributed by atoms with Crippen molar-refractivity contribution < 1.29 is 0 Å². The summed E-state index contributed by atoms with van der Waals surface area (Å²) in [6, 6.07) is 10.9. The molecule has 0 fully saturated rings. The van der Waals surface area contributed by atoms with Crippen molar-refractivity contribution in [1.82, 2.24) is 0 Å². The largest absolute Gasteiger partial charge is 0.0654 e. The lowest BCUT2D eigenvalue weighted by Gasteiger charge is -2.20. The minimum atomic E-state index is 0.772. The van der Waals surface area contributed by atoms with Crippen LogP contribution in [0.3, 0.4) is 0 Å². The van der Waals surface area contributed by atoms with Gasteiger partial charge < -0.3 is 0 Å². The van der Waals surface area contributed by atoms with Crippen LogP contribution in [-0.2, 0) is 6.42 Å². The molecule has 1 unspecified atom stereocenters. The van der Waals surface area contributed by atoms with E-state index in [0.717, 1.165) is 5.92 Å². The van der Waals surface area contributed by atoms with Crippen LogP contribution >= 0.6 is 0 Å². The van der Waals surface area contributed by atoms with Gasteiger partial charge in [-0.25, -0.2) is 0 Å². The molecule has 0 aromatic heterocycles. The van der Waals surface area contributed by atoms with Crippen LogP contribution in [0.5, 0.6) is 0 Å². The first-order valence-corrected chi connectivity index (χ1v) is 7.08. The molecule has 95 valence electrons. The molecule has 0 aliphatic heterocycles. The molecule has 1 aromatic rings. The van der Waals surface area contributed by atoms with Crippen molar-refractivity contribution in [3.8, 4) is 0 Å². The van der Waals surface area contributed by atoms with Crippen LogP contribution in [0.1, 0.15) is 58.4 Å². The van der Waals surface area contributed by atoms with E-state index < -0.39 is 0 Å². The molecular formula is C17H27. The average molecular weight is 231 g/mol. The Kier molecular flexibility index (Phi) is 7.00. The lowest BCUT2D eigenvalue weighted by molar-refractivity contribution is 0.467. The van der Waals surface area contributed by atoms with Gasteiger partial charge in [-0.3, -0.25) is 0 Å². The zero-order chi connectivity index (χ0) is 12.5. The molecule has 1 radical (unpaired) electrons. The first-order valence-electron chi connectivity index (χ1n) is 7.08. The van der Waals surface area contributed by atoms with Gasteiger partial charge in [0.2, 0.25) is 0 Å². The SMILES string of the molecule is CCCCCCC(Cc1ccccc1)[C](C)C. The Balaban J connectivity index is 2.38. The fourth-order valence-corrected chi connectivity index (χ4v) is 2.31. The van der Waals surface area contributed by atoms with E-state index in [0.29, 0.717) is 0 Å². The van der Waals surface area contributed by atoms with Crippen molar-refractivity contribution in [3.63, 3.8) is 0 Å². The summed E-state index contributed by atoms with van der Waals surface area (Å²) < 4.78 is 0. The highest BCUT2D eigenvalue weighted by atomic mass is 14.2. The van der Waals surface area contributed by atoms with E-state index in [2.05, 4.69) is 51.1 Å². The van der Waals surface area contributed by atoms with Gasteiger partial charge in [0.15, 0.2) is 0 Å². The van der Waals surface area contributed by atoms with Gasteiger partial charge in [0.25, 0.3) is 0 Å². The van der Waals surface area contributed by atoms with Gasteiger partial charge in [0, 0.05) is 0 Å². The monoisotopic (exact) mass is 231 g/mol. The van der Waals surface area contributed by atoms with Gasteiger partial charge in [0.05, 0.1) is 0 Å². The first-order chi connectivity index (χ1) is 8.24. The zero-order valence-electron chi connectivity index (χ0n) is 11.7. The molecule has 0 amide bonds. The minimum Gasteiger partial charge on any atom is -0.0654 e. The van der Waals surface area contributed by atoms with E-state index in [1.54, 1.807) is 5.92 Å². The molecule has 0 N–H and O–H groups in total. The molecule has 0 aliphatic carbocycles. The maximum Gasteiger partial charge on any atom is -0.0245 e. The van der Waals surface area contributed by atoms with Gasteiger partial charge in [-0.15, -0.1) is 0 Å². The molecule has 1 atom stereocenters. The lowest BCUT2D eigenvalue weighted by atomic mass is 9.85. The Hall–Kier alpha value is -0.780. The van der Waals surface area contributed by atoms with Gasteiger partial charge in [-0.2, -0.15) is 0 Å². The van der Waals surface area contributed by atoms with Crippen molar-refractivity contribution in [2.45, 2.75) is 59.3 Å². The zero-order valence-corrected chi connectivity index (χ0v) is 11.7. The lowest BCUT2D eigenvalue weighted by Crippen LogP contribution is -2.10. The molecule has 0 heteroatoms. The second-order valence-corrected chi connectivity index (χ2v) is 5.31. The fourth-order valence-electron chi connectivity index (χ4n) is 2.31. The van der Waals surface area contributed by atoms with Crippen LogP contribution < -0.4 is 0 Å². The maximum atomic E-state index is 2.29. The molecule has 0 aliphatic rings. The molecule has 0 nitrogen and oxygen atoms in total. The quantitative estimate of drug-likeness (QED) is 0.523. The summed E-state index contributed by atoms with van der Waals surface area (Å²) in [5.41, 5.74) is 1.48. The summed E-state index contributed by atoms with van der Waals surface area (Å²) >= 11 is 0. The third-order valence-corrected chi connectivity index (χ3v) is 3.55. The molecule has 1 aromatic carbocycles. The number of unbranched alkanes of at least 4 members (excludes halogenated alkanes) is 3. The predicted octanol–water partition coefficient (Wildman–Crippen LogP) is 5.43. The second kappa shape index (κ2) is 8.33. The van der Waals surface area contributed by atoms with Crippen molar-refractivity contribution >= 4 is 0 Å². The second-order valence-electron chi connectivity index (χ2n) is 5.31. The van der Waals surface area contributed by atoms with Gasteiger partial charge in [-0.1, -0.05) is 76.8 Å². The van der Waals surface area contributed by atoms with Crippen LogP contribution in [0.4, 0.5) is 0 Å². The highest BCUT2D eigenvalue weighted by Gasteiger charge is 2.13. The summed E-state index contributed by atoms with van der Waals surface area (Å²) in [4.78, 5) is 0. The van der Waals surface area contributed by atoms with E-state index in [1.165, 1.54) is 44.1 Å². The van der Waals surface area contributed by atoms with Gasteiger partial charge in [0.1, 0.15) is 0 Å². The summed E-state index contributed by atoms with van der Waals surface area (Å²) in [7, 11) is 0. The molecule has 0 bridgehead atoms. The van der Waals surface area contributed by atoms with Gasteiger partial charge >= 0.3 is 0 Å². The van der Waals surface area contributed by atoms with Crippen LogP contribution in [0.2, 0.25) is 0 Å². The van der Waals surface area contributed by atoms with Crippen LogP contribution in [0, 0.1) is 11.8 Å².